The number of hydrogen-bond donors (Lipinski definition) is 2. The lowest BCUT2D eigenvalue weighted by atomic mass is 10.1. The number of carbonyl (C=O) groups is 2. The summed E-state index contributed by atoms with van der Waals surface area (Å²) in [5.41, 5.74) is 1.95. The van der Waals surface area contributed by atoms with Crippen molar-refractivity contribution in [1.29, 1.82) is 0 Å². The van der Waals surface area contributed by atoms with E-state index in [4.69, 9.17) is 4.52 Å². The molecule has 2 amide bonds. The van der Waals surface area contributed by atoms with E-state index in [0.29, 0.717) is 16.9 Å². The third-order valence-corrected chi connectivity index (χ3v) is 3.38. The topological polar surface area (TPSA) is 84.2 Å². The van der Waals surface area contributed by atoms with E-state index < -0.39 is 5.91 Å². The van der Waals surface area contributed by atoms with Crippen LogP contribution in [0.3, 0.4) is 0 Å². The van der Waals surface area contributed by atoms with Crippen LogP contribution < -0.4 is 10.6 Å². The summed E-state index contributed by atoms with van der Waals surface area (Å²) in [7, 11) is 0. The van der Waals surface area contributed by atoms with E-state index in [-0.39, 0.29) is 23.0 Å². The number of amides is 2. The minimum Gasteiger partial charge on any atom is -0.355 e. The quantitative estimate of drug-likeness (QED) is 0.759. The maximum absolute atomic E-state index is 13.0. The van der Waals surface area contributed by atoms with Gasteiger partial charge in [0.05, 0.1) is 6.20 Å². The van der Waals surface area contributed by atoms with Crippen molar-refractivity contribution in [1.82, 2.24) is 5.16 Å². The van der Waals surface area contributed by atoms with E-state index in [0.717, 1.165) is 0 Å². The van der Waals surface area contributed by atoms with Gasteiger partial charge < -0.3 is 15.2 Å². The highest BCUT2D eigenvalue weighted by molar-refractivity contribution is 6.07. The Bertz CT molecular complexity index is 902. The molecule has 0 saturated heterocycles. The summed E-state index contributed by atoms with van der Waals surface area (Å²) in [5.74, 6) is -0.709. The minimum atomic E-state index is -0.409. The molecule has 1 aromatic heterocycles. The molecule has 0 saturated carbocycles. The molecule has 0 spiro atoms. The third kappa shape index (κ3) is 3.89. The van der Waals surface area contributed by atoms with Crippen molar-refractivity contribution in [2.45, 2.75) is 6.92 Å². The molecule has 3 aromatic rings. The van der Waals surface area contributed by atoms with Crippen LogP contribution in [-0.2, 0) is 4.79 Å². The first kappa shape index (κ1) is 16.4. The molecule has 0 aliphatic rings. The molecule has 126 valence electrons. The Morgan fingerprint density at radius 2 is 1.56 bits per heavy atom. The summed E-state index contributed by atoms with van der Waals surface area (Å²) in [6.07, 6.45) is 1.31. The molecule has 2 N–H and O–H groups in total. The Hall–Kier alpha value is -3.48. The summed E-state index contributed by atoms with van der Waals surface area (Å²) in [6, 6.07) is 12.2. The maximum Gasteiger partial charge on any atom is 0.261 e. The molecule has 0 aliphatic carbocycles. The smallest absolute Gasteiger partial charge is 0.261 e. The Labute approximate surface area is 142 Å². The highest BCUT2D eigenvalue weighted by atomic mass is 19.1. The van der Waals surface area contributed by atoms with Gasteiger partial charge in [-0.2, -0.15) is 0 Å². The molecule has 6 nitrogen and oxygen atoms in total. The molecular weight excluding hydrogens is 325 g/mol. The molecule has 0 bridgehead atoms. The number of hydrogen-bond acceptors (Lipinski definition) is 4. The van der Waals surface area contributed by atoms with Crippen molar-refractivity contribution < 1.29 is 18.5 Å². The van der Waals surface area contributed by atoms with Crippen LogP contribution in [0.1, 0.15) is 17.3 Å². The van der Waals surface area contributed by atoms with Gasteiger partial charge in [-0.25, -0.2) is 4.39 Å². The van der Waals surface area contributed by atoms with Crippen molar-refractivity contribution in [3.05, 3.63) is 66.1 Å². The van der Waals surface area contributed by atoms with Crippen molar-refractivity contribution >= 4 is 23.2 Å². The van der Waals surface area contributed by atoms with Crippen LogP contribution in [0.5, 0.6) is 0 Å². The van der Waals surface area contributed by atoms with Crippen LogP contribution in [0.4, 0.5) is 15.8 Å². The average Bonchev–Trinajstić information content (AvgIpc) is 3.06. The molecule has 0 unspecified atom stereocenters. The fourth-order valence-electron chi connectivity index (χ4n) is 2.25. The van der Waals surface area contributed by atoms with E-state index in [1.807, 2.05) is 0 Å². The van der Waals surface area contributed by atoms with Gasteiger partial charge in [-0.15, -0.1) is 0 Å². The molecule has 2 aromatic carbocycles. The molecule has 7 heteroatoms. The standard InChI is InChI=1S/C18H14FN3O3/c1-11(23)21-14-6-8-15(9-7-14)22-18(24)16-10-20-25-17(16)12-2-4-13(19)5-3-12/h2-10H,1H3,(H,21,23)(H,22,24). The summed E-state index contributed by atoms with van der Waals surface area (Å²) in [6.45, 7) is 1.42. The van der Waals surface area contributed by atoms with E-state index in [2.05, 4.69) is 15.8 Å². The van der Waals surface area contributed by atoms with Crippen LogP contribution >= 0.6 is 0 Å². The molecular formula is C18H14FN3O3. The van der Waals surface area contributed by atoms with E-state index >= 15 is 0 Å². The SMILES string of the molecule is CC(=O)Nc1ccc(NC(=O)c2cnoc2-c2ccc(F)cc2)cc1. The lowest BCUT2D eigenvalue weighted by Crippen LogP contribution is -2.12. The van der Waals surface area contributed by atoms with E-state index in [9.17, 15) is 14.0 Å². The second kappa shape index (κ2) is 6.96. The number of anilines is 2. The van der Waals surface area contributed by atoms with Crippen LogP contribution in [0.25, 0.3) is 11.3 Å². The Morgan fingerprint density at radius 1 is 0.960 bits per heavy atom. The van der Waals surface area contributed by atoms with Crippen molar-refractivity contribution in [2.75, 3.05) is 10.6 Å². The first-order valence-corrected chi connectivity index (χ1v) is 7.42. The molecule has 0 aliphatic heterocycles. The van der Waals surface area contributed by atoms with Crippen LogP contribution in [-0.4, -0.2) is 17.0 Å². The van der Waals surface area contributed by atoms with Crippen molar-refractivity contribution in [2.24, 2.45) is 0 Å². The first-order chi connectivity index (χ1) is 12.0. The summed E-state index contributed by atoms with van der Waals surface area (Å²) in [5, 5.41) is 9.01. The van der Waals surface area contributed by atoms with E-state index in [1.165, 1.54) is 37.4 Å². The average molecular weight is 339 g/mol. The lowest BCUT2D eigenvalue weighted by Gasteiger charge is -2.07. The zero-order chi connectivity index (χ0) is 17.8. The fourth-order valence-corrected chi connectivity index (χ4v) is 2.25. The fraction of sp³-hybridized carbons (Fsp3) is 0.0556. The Morgan fingerprint density at radius 3 is 2.16 bits per heavy atom. The number of benzene rings is 2. The van der Waals surface area contributed by atoms with Crippen LogP contribution in [0, 0.1) is 5.82 Å². The molecule has 0 fully saturated rings. The highest BCUT2D eigenvalue weighted by Gasteiger charge is 2.18. The third-order valence-electron chi connectivity index (χ3n) is 3.38. The number of nitrogens with zero attached hydrogens (tertiary/aromatic N) is 1. The van der Waals surface area contributed by atoms with Crippen LogP contribution in [0.2, 0.25) is 0 Å². The number of halogens is 1. The van der Waals surface area contributed by atoms with Gasteiger partial charge in [0.2, 0.25) is 5.91 Å². The van der Waals surface area contributed by atoms with Gasteiger partial charge in [-0.3, -0.25) is 9.59 Å². The normalized spacial score (nSPS) is 10.3. The van der Waals surface area contributed by atoms with Gasteiger partial charge in [0.15, 0.2) is 5.76 Å². The number of rotatable bonds is 4. The minimum absolute atomic E-state index is 0.176. The molecule has 25 heavy (non-hydrogen) atoms. The Balaban J connectivity index is 1.77. The zero-order valence-corrected chi connectivity index (χ0v) is 13.2. The van der Waals surface area contributed by atoms with Gasteiger partial charge in [-0.05, 0) is 48.5 Å². The van der Waals surface area contributed by atoms with Gasteiger partial charge in [0.25, 0.3) is 5.91 Å². The molecule has 3 rings (SSSR count). The largest absolute Gasteiger partial charge is 0.355 e. The van der Waals surface area contributed by atoms with Gasteiger partial charge in [0, 0.05) is 23.9 Å². The predicted octanol–water partition coefficient (Wildman–Crippen LogP) is 3.69. The van der Waals surface area contributed by atoms with Gasteiger partial charge >= 0.3 is 0 Å². The van der Waals surface area contributed by atoms with Crippen molar-refractivity contribution in [3.8, 4) is 11.3 Å². The maximum atomic E-state index is 13.0. The van der Waals surface area contributed by atoms with Crippen molar-refractivity contribution in [3.63, 3.8) is 0 Å². The monoisotopic (exact) mass is 339 g/mol. The molecule has 0 radical (unpaired) electrons. The molecule has 0 atom stereocenters. The predicted molar refractivity (Wildman–Crippen MR) is 90.6 cm³/mol. The van der Waals surface area contributed by atoms with Gasteiger partial charge in [0.1, 0.15) is 11.4 Å². The summed E-state index contributed by atoms with van der Waals surface area (Å²) < 4.78 is 18.2. The molecule has 1 heterocycles. The van der Waals surface area contributed by atoms with Crippen LogP contribution in [0.15, 0.2) is 59.3 Å². The van der Waals surface area contributed by atoms with Gasteiger partial charge in [-0.1, -0.05) is 5.16 Å². The zero-order valence-electron chi connectivity index (χ0n) is 13.2. The second-order valence-corrected chi connectivity index (χ2v) is 5.29. The highest BCUT2D eigenvalue weighted by Crippen LogP contribution is 2.25. The number of nitrogens with one attached hydrogen (secondary N) is 2. The van der Waals surface area contributed by atoms with E-state index in [1.54, 1.807) is 24.3 Å². The number of aromatic nitrogens is 1. The summed E-state index contributed by atoms with van der Waals surface area (Å²) in [4.78, 5) is 23.4. The lowest BCUT2D eigenvalue weighted by molar-refractivity contribution is -0.114. The first-order valence-electron chi connectivity index (χ1n) is 7.42. The Kier molecular flexibility index (Phi) is 4.56. The summed E-state index contributed by atoms with van der Waals surface area (Å²) >= 11 is 0. The number of carbonyl (C=O) groups excluding carboxylic acids is 2. The second-order valence-electron chi connectivity index (χ2n) is 5.29.